The van der Waals surface area contributed by atoms with E-state index < -0.39 is 29.7 Å². The monoisotopic (exact) mass is 198 g/mol. The van der Waals surface area contributed by atoms with Gasteiger partial charge >= 0.3 is 0 Å². The summed E-state index contributed by atoms with van der Waals surface area (Å²) >= 11 is 0. The van der Waals surface area contributed by atoms with Crippen molar-refractivity contribution in [1.29, 1.82) is 0 Å². The first-order valence-electron chi connectivity index (χ1n) is 4.57. The highest BCUT2D eigenvalue weighted by molar-refractivity contribution is 6.00. The molecule has 0 aromatic heterocycles. The molecule has 4 unspecified atom stereocenters. The van der Waals surface area contributed by atoms with Gasteiger partial charge in [0.1, 0.15) is 12.2 Å². The Morgan fingerprint density at radius 2 is 2.14 bits per heavy atom. The van der Waals surface area contributed by atoms with E-state index in [4.69, 9.17) is 5.11 Å². The van der Waals surface area contributed by atoms with Crippen LogP contribution in [0.5, 0.6) is 0 Å². The molecule has 4 heteroatoms. The second-order valence-electron chi connectivity index (χ2n) is 3.67. The number of carbonyl (C=O) groups is 2. The first-order valence-corrected chi connectivity index (χ1v) is 4.57. The fourth-order valence-corrected chi connectivity index (χ4v) is 1.62. The van der Waals surface area contributed by atoms with Crippen LogP contribution in [0.15, 0.2) is 12.2 Å². The van der Waals surface area contributed by atoms with E-state index in [-0.39, 0.29) is 5.92 Å². The molecular formula is C10H14O4. The van der Waals surface area contributed by atoms with Crippen molar-refractivity contribution in [2.24, 2.45) is 11.8 Å². The minimum Gasteiger partial charge on any atom is -0.386 e. The molecule has 1 rings (SSSR count). The van der Waals surface area contributed by atoms with Crippen LogP contribution in [-0.4, -0.2) is 34.0 Å². The maximum Gasteiger partial charge on any atom is 0.184 e. The Bertz CT molecular complexity index is 280. The van der Waals surface area contributed by atoms with Gasteiger partial charge in [0.15, 0.2) is 11.6 Å². The van der Waals surface area contributed by atoms with Gasteiger partial charge in [-0.1, -0.05) is 13.0 Å². The predicted molar refractivity (Wildman–Crippen MR) is 49.5 cm³/mol. The predicted octanol–water partition coefficient (Wildman–Crippen LogP) is -0.312. The van der Waals surface area contributed by atoms with Gasteiger partial charge in [-0.3, -0.25) is 9.59 Å². The highest BCUT2D eigenvalue weighted by Crippen LogP contribution is 2.24. The Balaban J connectivity index is 2.91. The molecule has 0 radical (unpaired) electrons. The van der Waals surface area contributed by atoms with Crippen molar-refractivity contribution in [2.75, 3.05) is 0 Å². The van der Waals surface area contributed by atoms with E-state index in [2.05, 4.69) is 0 Å². The molecule has 0 fully saturated rings. The molecule has 1 aliphatic rings. The smallest absolute Gasteiger partial charge is 0.184 e. The Hall–Kier alpha value is -1.00. The number of Topliss-reactive ketones (excluding diaryl/α,β-unsaturated/α-hetero) is 1. The minimum atomic E-state index is -1.31. The van der Waals surface area contributed by atoms with Crippen LogP contribution in [0.25, 0.3) is 0 Å². The number of hydrogen-bond acceptors (Lipinski definition) is 4. The maximum atomic E-state index is 11.5. The second-order valence-corrected chi connectivity index (χ2v) is 3.67. The van der Waals surface area contributed by atoms with Gasteiger partial charge in [0.05, 0.1) is 5.92 Å². The largest absolute Gasteiger partial charge is 0.386 e. The van der Waals surface area contributed by atoms with E-state index in [0.717, 1.165) is 0 Å². The third kappa shape index (κ3) is 1.91. The van der Waals surface area contributed by atoms with E-state index in [1.54, 1.807) is 13.0 Å². The van der Waals surface area contributed by atoms with E-state index >= 15 is 0 Å². The lowest BCUT2D eigenvalue weighted by atomic mass is 9.78. The molecule has 0 aliphatic heterocycles. The number of aliphatic hydroxyl groups excluding tert-OH is 2. The fraction of sp³-hybridized carbons (Fsp3) is 0.600. The molecule has 0 spiro atoms. The number of aliphatic hydroxyl groups is 2. The lowest BCUT2D eigenvalue weighted by Gasteiger charge is -2.28. The number of hydrogen-bond donors (Lipinski definition) is 2. The summed E-state index contributed by atoms with van der Waals surface area (Å²) in [5, 5.41) is 18.6. The van der Waals surface area contributed by atoms with E-state index in [0.29, 0.717) is 0 Å². The highest BCUT2D eigenvalue weighted by Gasteiger charge is 2.38. The molecule has 0 aromatic rings. The number of carbonyl (C=O) groups excluding carboxylic acids is 2. The summed E-state index contributed by atoms with van der Waals surface area (Å²) in [6.07, 6.45) is 0.412. The summed E-state index contributed by atoms with van der Waals surface area (Å²) in [7, 11) is 0. The average Bonchev–Trinajstić information content (AvgIpc) is 2.12. The summed E-state index contributed by atoms with van der Waals surface area (Å²) in [5.41, 5.74) is 0. The van der Waals surface area contributed by atoms with Gasteiger partial charge in [0, 0.05) is 0 Å². The van der Waals surface area contributed by atoms with Gasteiger partial charge < -0.3 is 10.2 Å². The van der Waals surface area contributed by atoms with Crippen molar-refractivity contribution < 1.29 is 19.8 Å². The van der Waals surface area contributed by atoms with Crippen LogP contribution in [-0.2, 0) is 9.59 Å². The third-order valence-electron chi connectivity index (χ3n) is 2.50. The van der Waals surface area contributed by atoms with Gasteiger partial charge in [0.2, 0.25) is 0 Å². The quantitative estimate of drug-likeness (QED) is 0.638. The summed E-state index contributed by atoms with van der Waals surface area (Å²) < 4.78 is 0. The molecular weight excluding hydrogens is 184 g/mol. The molecule has 0 amide bonds. The summed E-state index contributed by atoms with van der Waals surface area (Å²) in [6, 6.07) is 0. The Morgan fingerprint density at radius 1 is 1.57 bits per heavy atom. The van der Waals surface area contributed by atoms with Gasteiger partial charge in [0.25, 0.3) is 0 Å². The highest BCUT2D eigenvalue weighted by atomic mass is 16.3. The SMILES string of the molecule is CC(O)C(=O)C1C(C)C=CC(=O)C1O. The summed E-state index contributed by atoms with van der Waals surface area (Å²) in [6.45, 7) is 3.07. The minimum absolute atomic E-state index is 0.218. The number of rotatable bonds is 2. The first-order chi connectivity index (χ1) is 6.45. The van der Waals surface area contributed by atoms with Crippen LogP contribution in [0, 0.1) is 11.8 Å². The summed E-state index contributed by atoms with van der Waals surface area (Å²) in [4.78, 5) is 22.6. The van der Waals surface area contributed by atoms with Crippen molar-refractivity contribution in [1.82, 2.24) is 0 Å². The molecule has 0 aromatic carbocycles. The normalized spacial score (nSPS) is 34.3. The standard InChI is InChI=1S/C10H14O4/c1-5-3-4-7(12)10(14)8(5)9(13)6(2)11/h3-6,8,10-11,14H,1-2H3. The molecule has 0 saturated heterocycles. The van der Waals surface area contributed by atoms with E-state index in [9.17, 15) is 14.7 Å². The van der Waals surface area contributed by atoms with Crippen LogP contribution in [0.2, 0.25) is 0 Å². The van der Waals surface area contributed by atoms with Gasteiger partial charge in [-0.15, -0.1) is 0 Å². The van der Waals surface area contributed by atoms with Crippen molar-refractivity contribution in [2.45, 2.75) is 26.1 Å². The topological polar surface area (TPSA) is 74.6 Å². The molecule has 4 nitrogen and oxygen atoms in total. The van der Waals surface area contributed by atoms with Gasteiger partial charge in [-0.05, 0) is 18.9 Å². The zero-order chi connectivity index (χ0) is 10.9. The zero-order valence-electron chi connectivity index (χ0n) is 8.18. The molecule has 2 N–H and O–H groups in total. The third-order valence-corrected chi connectivity index (χ3v) is 2.50. The molecule has 0 heterocycles. The van der Waals surface area contributed by atoms with Crippen LogP contribution in [0.3, 0.4) is 0 Å². The van der Waals surface area contributed by atoms with Crippen LogP contribution in [0.4, 0.5) is 0 Å². The molecule has 14 heavy (non-hydrogen) atoms. The van der Waals surface area contributed by atoms with Crippen molar-refractivity contribution in [3.63, 3.8) is 0 Å². The molecule has 4 atom stereocenters. The average molecular weight is 198 g/mol. The van der Waals surface area contributed by atoms with E-state index in [1.807, 2.05) is 0 Å². The Kier molecular flexibility index (Phi) is 3.18. The van der Waals surface area contributed by atoms with E-state index in [1.165, 1.54) is 13.0 Å². The maximum absolute atomic E-state index is 11.5. The zero-order valence-corrected chi connectivity index (χ0v) is 8.18. The lowest BCUT2D eigenvalue weighted by Crippen LogP contribution is -2.43. The number of ketones is 2. The lowest BCUT2D eigenvalue weighted by molar-refractivity contribution is -0.142. The van der Waals surface area contributed by atoms with Crippen molar-refractivity contribution in [3.8, 4) is 0 Å². The number of allylic oxidation sites excluding steroid dienone is 1. The second kappa shape index (κ2) is 4.02. The van der Waals surface area contributed by atoms with Crippen LogP contribution >= 0.6 is 0 Å². The van der Waals surface area contributed by atoms with Gasteiger partial charge in [-0.25, -0.2) is 0 Å². The Labute approximate surface area is 82.2 Å². The fourth-order valence-electron chi connectivity index (χ4n) is 1.62. The molecule has 1 aliphatic carbocycles. The van der Waals surface area contributed by atoms with Crippen molar-refractivity contribution >= 4 is 11.6 Å². The van der Waals surface area contributed by atoms with Crippen LogP contribution < -0.4 is 0 Å². The Morgan fingerprint density at radius 3 is 2.64 bits per heavy atom. The molecule has 0 bridgehead atoms. The first kappa shape index (κ1) is 11.1. The molecule has 0 saturated carbocycles. The van der Waals surface area contributed by atoms with Crippen molar-refractivity contribution in [3.05, 3.63) is 12.2 Å². The van der Waals surface area contributed by atoms with Gasteiger partial charge in [-0.2, -0.15) is 0 Å². The molecule has 78 valence electrons. The summed E-state index contributed by atoms with van der Waals surface area (Å²) in [5.74, 6) is -1.98. The van der Waals surface area contributed by atoms with Crippen LogP contribution in [0.1, 0.15) is 13.8 Å².